The second-order valence-corrected chi connectivity index (χ2v) is 21.3. The van der Waals surface area contributed by atoms with E-state index in [9.17, 15) is 29.0 Å². The van der Waals surface area contributed by atoms with Gasteiger partial charge >= 0.3 is 11.9 Å². The number of carbonyl (C=O) groups is 2. The number of aromatic amines is 1. The minimum Gasteiger partial charge on any atom is -0.492 e. The van der Waals surface area contributed by atoms with Crippen molar-refractivity contribution in [1.82, 2.24) is 19.9 Å². The van der Waals surface area contributed by atoms with Gasteiger partial charge in [0.25, 0.3) is 5.56 Å². The molecule has 13 nitrogen and oxygen atoms in total. The third kappa shape index (κ3) is 8.01. The molecule has 0 aliphatic carbocycles. The summed E-state index contributed by atoms with van der Waals surface area (Å²) < 4.78 is 34.2. The van der Waals surface area contributed by atoms with E-state index in [1.165, 1.54) is 0 Å². The number of pyridine rings is 4. The molecule has 8 aromatic rings. The van der Waals surface area contributed by atoms with E-state index in [2.05, 4.69) is 15.3 Å². The summed E-state index contributed by atoms with van der Waals surface area (Å²) in [6.45, 7) is 21.5. The molecule has 0 spiro atoms. The quantitative estimate of drug-likeness (QED) is 0.100. The van der Waals surface area contributed by atoms with Crippen LogP contribution in [0.1, 0.15) is 122 Å². The van der Waals surface area contributed by atoms with Gasteiger partial charge in [-0.25, -0.2) is 14.0 Å². The summed E-state index contributed by atoms with van der Waals surface area (Å²) in [5.74, 6) is -2.82. The molecule has 1 unspecified atom stereocenters. The van der Waals surface area contributed by atoms with Crippen molar-refractivity contribution < 1.29 is 38.4 Å². The van der Waals surface area contributed by atoms with Gasteiger partial charge in [-0.1, -0.05) is 29.8 Å². The van der Waals surface area contributed by atoms with Crippen LogP contribution < -0.4 is 15.6 Å². The number of hydrogen-bond acceptors (Lipinski definition) is 10. The fraction of sp³-hybridized carbons (Fsp3) is 0.345. The van der Waals surface area contributed by atoms with Crippen LogP contribution in [0.15, 0.2) is 65.7 Å². The molecule has 14 heteroatoms. The molecule has 6 heterocycles. The number of aromatic nitrogens is 4. The van der Waals surface area contributed by atoms with E-state index in [0.29, 0.717) is 66.6 Å². The lowest BCUT2D eigenvalue weighted by molar-refractivity contribution is -0.161. The maximum absolute atomic E-state index is 14.7. The summed E-state index contributed by atoms with van der Waals surface area (Å²) in [6, 6.07) is 15.0. The molecule has 72 heavy (non-hydrogen) atoms. The van der Waals surface area contributed by atoms with Gasteiger partial charge in [-0.05, 0) is 163 Å². The molecule has 370 valence electrons. The number of nitrogens with zero attached hydrogens (tertiary/aromatic N) is 3. The second-order valence-electron chi connectivity index (χ2n) is 21.3. The van der Waals surface area contributed by atoms with E-state index in [-0.39, 0.29) is 17.5 Å². The molecule has 10 rings (SSSR count). The molecule has 2 aliphatic rings. The number of rotatable bonds is 9. The van der Waals surface area contributed by atoms with Crippen molar-refractivity contribution in [3.63, 3.8) is 0 Å². The van der Waals surface area contributed by atoms with E-state index >= 15 is 0 Å². The van der Waals surface area contributed by atoms with E-state index < -0.39 is 52.6 Å². The third-order valence-corrected chi connectivity index (χ3v) is 14.2. The van der Waals surface area contributed by atoms with Crippen molar-refractivity contribution >= 4 is 61.2 Å². The predicted molar refractivity (Wildman–Crippen MR) is 278 cm³/mol. The number of ether oxygens (including phenoxy) is 3. The van der Waals surface area contributed by atoms with Gasteiger partial charge in [0.05, 0.1) is 56.5 Å². The van der Waals surface area contributed by atoms with Crippen LogP contribution in [-0.2, 0) is 25.5 Å². The average molecular weight is 972 g/mol. The van der Waals surface area contributed by atoms with Gasteiger partial charge in [-0.3, -0.25) is 19.7 Å². The number of aliphatic carboxylic acids is 2. The van der Waals surface area contributed by atoms with Gasteiger partial charge in [0.1, 0.15) is 18.2 Å². The maximum Gasteiger partial charge on any atom is 0.337 e. The predicted octanol–water partition coefficient (Wildman–Crippen LogP) is 12.0. The highest BCUT2D eigenvalue weighted by atomic mass is 19.1. The highest BCUT2D eigenvalue weighted by molar-refractivity contribution is 6.12. The number of aryl methyl sites for hydroxylation is 5. The number of hydrogen-bond donors (Lipinski definition) is 4. The van der Waals surface area contributed by atoms with Crippen LogP contribution in [0.3, 0.4) is 0 Å². The van der Waals surface area contributed by atoms with Gasteiger partial charge in [0.2, 0.25) is 0 Å². The first-order chi connectivity index (χ1) is 34.0. The van der Waals surface area contributed by atoms with Crippen molar-refractivity contribution in [2.75, 3.05) is 18.5 Å². The van der Waals surface area contributed by atoms with Crippen molar-refractivity contribution in [1.29, 1.82) is 0 Å². The molecule has 0 fully saturated rings. The number of H-pyrrole nitrogens is 1. The van der Waals surface area contributed by atoms with Gasteiger partial charge in [-0.2, -0.15) is 0 Å². The lowest BCUT2D eigenvalue weighted by Crippen LogP contribution is -2.29. The number of nitrogens with one attached hydrogen (secondary N) is 2. The van der Waals surface area contributed by atoms with Crippen LogP contribution in [-0.4, -0.2) is 66.4 Å². The Bertz CT molecular complexity index is 3680. The zero-order valence-corrected chi connectivity index (χ0v) is 42.4. The van der Waals surface area contributed by atoms with Crippen LogP contribution in [0.5, 0.6) is 5.75 Å². The Morgan fingerprint density at radius 1 is 0.778 bits per heavy atom. The fourth-order valence-corrected chi connectivity index (χ4v) is 11.2. The van der Waals surface area contributed by atoms with Crippen LogP contribution in [0, 0.1) is 40.4 Å². The van der Waals surface area contributed by atoms with E-state index in [4.69, 9.17) is 24.2 Å². The molecule has 0 saturated carbocycles. The minimum absolute atomic E-state index is 0.0560. The first-order valence-electron chi connectivity index (χ1n) is 24.3. The number of benzene rings is 4. The van der Waals surface area contributed by atoms with Gasteiger partial charge in [-0.15, -0.1) is 0 Å². The Kier molecular flexibility index (Phi) is 11.7. The molecule has 4 aromatic heterocycles. The zero-order chi connectivity index (χ0) is 51.5. The highest BCUT2D eigenvalue weighted by Crippen LogP contribution is 2.51. The number of anilines is 1. The summed E-state index contributed by atoms with van der Waals surface area (Å²) in [7, 11) is 0. The van der Waals surface area contributed by atoms with E-state index in [0.717, 1.165) is 87.2 Å². The van der Waals surface area contributed by atoms with E-state index in [1.807, 2.05) is 90.9 Å². The van der Waals surface area contributed by atoms with Gasteiger partial charge in [0.15, 0.2) is 12.2 Å². The monoisotopic (exact) mass is 971 g/mol. The smallest absolute Gasteiger partial charge is 0.337 e. The number of fused-ring (bicyclic) bond motifs is 6. The number of carboxylic acid groups (broad SMARTS) is 2. The maximum atomic E-state index is 14.7. The van der Waals surface area contributed by atoms with Crippen LogP contribution in [0.2, 0.25) is 0 Å². The number of carboxylic acids is 2. The minimum atomic E-state index is -1.49. The Morgan fingerprint density at radius 3 is 2.08 bits per heavy atom. The Hall–Kier alpha value is -7.29. The van der Waals surface area contributed by atoms with Crippen molar-refractivity contribution in [2.24, 2.45) is 0 Å². The lowest BCUT2D eigenvalue weighted by Gasteiger charge is -2.33. The largest absolute Gasteiger partial charge is 0.492 e. The first-order valence-corrected chi connectivity index (χ1v) is 24.3. The number of halogens is 1. The lowest BCUT2D eigenvalue weighted by atomic mass is 9.80. The van der Waals surface area contributed by atoms with Crippen molar-refractivity contribution in [3.8, 4) is 28.0 Å². The molecule has 4 N–H and O–H groups in total. The highest BCUT2D eigenvalue weighted by Gasteiger charge is 2.38. The van der Waals surface area contributed by atoms with Crippen molar-refractivity contribution in [3.05, 3.63) is 133 Å². The Labute approximate surface area is 415 Å². The summed E-state index contributed by atoms with van der Waals surface area (Å²) in [6.07, 6.45) is 1.62. The third-order valence-electron chi connectivity index (χ3n) is 14.2. The average Bonchev–Trinajstić information content (AvgIpc) is 3.32. The molecule has 0 amide bonds. The van der Waals surface area contributed by atoms with Crippen LogP contribution in [0.4, 0.5) is 10.1 Å². The Morgan fingerprint density at radius 2 is 1.43 bits per heavy atom. The van der Waals surface area contributed by atoms with Crippen molar-refractivity contribution in [2.45, 2.75) is 118 Å². The molecule has 0 bridgehead atoms. The summed E-state index contributed by atoms with van der Waals surface area (Å²) in [5.41, 5.74) is 10.7. The molecule has 3 atom stereocenters. The van der Waals surface area contributed by atoms with Crippen LogP contribution >= 0.6 is 0 Å². The standard InChI is InChI=1S/C58H58FN5O8/c1-26-14-16-31(17-15-26)39-27(2)43-46(29(4)41(39)52(55(66)67)71-57(6,7)8)63-48(35-13-12-21-60-50(35)43)37-25-70-38-19-18-34(49-45(38)33(37)20-22-61-49)40-28(3)44-47(64-54(65)36-23-32(59)24-62-51(36)44)30(5)42(40)53(56(68)69)72-58(9,10)11/h14-20,22-24,37,52-53,60H,12-13,21,25H2,1-11H3,(H,64,65)(H,66,67)(H,68,69)/t37?,52-,53-/m0/s1. The molecular formula is C58H58FN5O8. The fourth-order valence-electron chi connectivity index (χ4n) is 11.2. The normalized spacial score (nSPS) is 15.6. The molecule has 0 saturated heterocycles. The SMILES string of the molecule is Cc1ccc(-c2c([C@H](OC(C)(C)C)C(=O)O)c(C)c3nc(C4COc5ccc(-c6c([C@H](OC(C)(C)C)C(=O)O)c(C)c7[nH]c(=O)c8cc(F)cnc8c7c6C)c6nccc4c56)c4c(c3c2C)NCCC4)cc1. The van der Waals surface area contributed by atoms with Gasteiger partial charge < -0.3 is 34.7 Å². The molecule has 2 aliphatic heterocycles. The molecular weight excluding hydrogens is 914 g/mol. The molecule has 4 aromatic carbocycles. The summed E-state index contributed by atoms with van der Waals surface area (Å²) in [4.78, 5) is 58.5. The Balaban J connectivity index is 1.26. The van der Waals surface area contributed by atoms with Crippen LogP contribution in [0.25, 0.3) is 65.9 Å². The molecule has 0 radical (unpaired) electrons. The summed E-state index contributed by atoms with van der Waals surface area (Å²) >= 11 is 0. The second kappa shape index (κ2) is 17.5. The zero-order valence-electron chi connectivity index (χ0n) is 42.4. The first kappa shape index (κ1) is 48.3. The topological polar surface area (TPSA) is 186 Å². The van der Waals surface area contributed by atoms with E-state index in [1.54, 1.807) is 33.9 Å². The summed E-state index contributed by atoms with van der Waals surface area (Å²) in [5, 5.41) is 27.9. The van der Waals surface area contributed by atoms with Gasteiger partial charge in [0, 0.05) is 51.3 Å².